The average molecular weight is 470 g/mol. The van der Waals surface area contributed by atoms with Crippen molar-refractivity contribution in [2.75, 3.05) is 27.2 Å². The van der Waals surface area contributed by atoms with Gasteiger partial charge in [-0.15, -0.1) is 5.10 Å². The highest BCUT2D eigenvalue weighted by Gasteiger charge is 2.23. The van der Waals surface area contributed by atoms with Crippen LogP contribution in [0.4, 0.5) is 0 Å². The Morgan fingerprint density at radius 3 is 2.52 bits per heavy atom. The highest BCUT2D eigenvalue weighted by molar-refractivity contribution is 7.89. The van der Waals surface area contributed by atoms with Crippen LogP contribution in [0.2, 0.25) is 0 Å². The third-order valence-electron chi connectivity index (χ3n) is 6.36. The summed E-state index contributed by atoms with van der Waals surface area (Å²) in [6.07, 6.45) is 4.32. The molecule has 1 fully saturated rings. The van der Waals surface area contributed by atoms with E-state index in [2.05, 4.69) is 34.6 Å². The van der Waals surface area contributed by atoms with E-state index in [-0.39, 0.29) is 10.8 Å². The molecule has 0 radical (unpaired) electrons. The van der Waals surface area contributed by atoms with Gasteiger partial charge in [0.25, 0.3) is 0 Å². The van der Waals surface area contributed by atoms with Crippen LogP contribution >= 0.6 is 0 Å². The molecular weight excluding hydrogens is 438 g/mol. The van der Waals surface area contributed by atoms with Crippen molar-refractivity contribution in [3.63, 3.8) is 0 Å². The molecule has 2 heterocycles. The van der Waals surface area contributed by atoms with Crippen molar-refractivity contribution in [2.45, 2.75) is 43.5 Å². The van der Waals surface area contributed by atoms with Gasteiger partial charge in [-0.3, -0.25) is 4.79 Å². The molecular formula is C24H31N5O3S. The van der Waals surface area contributed by atoms with Gasteiger partial charge in [-0.05, 0) is 55.4 Å². The Balaban J connectivity index is 1.27. The largest absolute Gasteiger partial charge is 0.343 e. The van der Waals surface area contributed by atoms with Crippen LogP contribution in [-0.4, -0.2) is 65.7 Å². The van der Waals surface area contributed by atoms with Crippen molar-refractivity contribution < 1.29 is 13.2 Å². The van der Waals surface area contributed by atoms with Gasteiger partial charge in [0.05, 0.1) is 10.4 Å². The summed E-state index contributed by atoms with van der Waals surface area (Å²) >= 11 is 0. The minimum absolute atomic E-state index is 0.192. The number of amides is 1. The average Bonchev–Trinajstić information content (AvgIpc) is 3.22. The van der Waals surface area contributed by atoms with Crippen LogP contribution in [-0.2, 0) is 27.8 Å². The maximum Gasteiger partial charge on any atom is 0.242 e. The molecule has 0 bridgehead atoms. The number of likely N-dealkylation sites (tertiary alicyclic amines) is 1. The molecule has 0 saturated carbocycles. The van der Waals surface area contributed by atoms with E-state index in [0.717, 1.165) is 37.9 Å². The van der Waals surface area contributed by atoms with E-state index in [9.17, 15) is 13.2 Å². The SMILES string of the molecule is CN(C)S(=O)(=O)c1ccc2c(c1)nnn2CCCC(=O)N1CCC(Cc2ccccc2)CC1. The van der Waals surface area contributed by atoms with Crippen LogP contribution in [0.1, 0.15) is 31.2 Å². The molecule has 0 unspecified atom stereocenters. The fraction of sp³-hybridized carbons (Fsp3) is 0.458. The second-order valence-corrected chi connectivity index (χ2v) is 11.0. The number of nitrogens with zero attached hydrogens (tertiary/aromatic N) is 5. The summed E-state index contributed by atoms with van der Waals surface area (Å²) in [5.41, 5.74) is 2.67. The highest BCUT2D eigenvalue weighted by Crippen LogP contribution is 2.23. The number of aryl methyl sites for hydroxylation is 1. The Labute approximate surface area is 195 Å². The van der Waals surface area contributed by atoms with Gasteiger partial charge in [-0.25, -0.2) is 17.4 Å². The second-order valence-electron chi connectivity index (χ2n) is 8.87. The zero-order valence-corrected chi connectivity index (χ0v) is 20.0. The van der Waals surface area contributed by atoms with Crippen molar-refractivity contribution in [3.05, 3.63) is 54.1 Å². The summed E-state index contributed by atoms with van der Waals surface area (Å²) < 4.78 is 27.6. The van der Waals surface area contributed by atoms with Crippen LogP contribution in [0.25, 0.3) is 11.0 Å². The van der Waals surface area contributed by atoms with Gasteiger partial charge in [0.1, 0.15) is 5.52 Å². The minimum Gasteiger partial charge on any atom is -0.343 e. The lowest BCUT2D eigenvalue weighted by Gasteiger charge is -2.32. The molecule has 1 aromatic heterocycles. The fourth-order valence-electron chi connectivity index (χ4n) is 4.36. The maximum atomic E-state index is 12.7. The Bertz CT molecular complexity index is 1200. The lowest BCUT2D eigenvalue weighted by Crippen LogP contribution is -2.38. The predicted octanol–water partition coefficient (Wildman–Crippen LogP) is 2.94. The molecule has 0 aliphatic carbocycles. The number of carbonyl (C=O) groups is 1. The first-order chi connectivity index (χ1) is 15.8. The quantitative estimate of drug-likeness (QED) is 0.506. The van der Waals surface area contributed by atoms with Gasteiger partial charge in [0.2, 0.25) is 15.9 Å². The number of rotatable bonds is 8. The molecule has 1 saturated heterocycles. The minimum atomic E-state index is -3.52. The number of hydrogen-bond acceptors (Lipinski definition) is 5. The second kappa shape index (κ2) is 10.0. The molecule has 1 aliphatic rings. The Kier molecular flexibility index (Phi) is 7.09. The summed E-state index contributed by atoms with van der Waals surface area (Å²) in [4.78, 5) is 14.9. The normalized spacial score (nSPS) is 15.4. The van der Waals surface area contributed by atoms with Gasteiger partial charge in [0.15, 0.2) is 0 Å². The van der Waals surface area contributed by atoms with Crippen LogP contribution in [0.15, 0.2) is 53.4 Å². The van der Waals surface area contributed by atoms with Gasteiger partial charge < -0.3 is 4.90 Å². The van der Waals surface area contributed by atoms with Crippen LogP contribution in [0, 0.1) is 5.92 Å². The Morgan fingerprint density at radius 2 is 1.82 bits per heavy atom. The number of fused-ring (bicyclic) bond motifs is 1. The van der Waals surface area contributed by atoms with Crippen molar-refractivity contribution in [3.8, 4) is 0 Å². The first-order valence-corrected chi connectivity index (χ1v) is 12.9. The Morgan fingerprint density at radius 1 is 1.09 bits per heavy atom. The van der Waals surface area contributed by atoms with Crippen molar-refractivity contribution in [1.82, 2.24) is 24.2 Å². The summed E-state index contributed by atoms with van der Waals surface area (Å²) in [5, 5.41) is 8.27. The first kappa shape index (κ1) is 23.4. The lowest BCUT2D eigenvalue weighted by molar-refractivity contribution is -0.132. The third-order valence-corrected chi connectivity index (χ3v) is 8.17. The van der Waals surface area contributed by atoms with Crippen LogP contribution in [0.3, 0.4) is 0 Å². The molecule has 9 heteroatoms. The van der Waals surface area contributed by atoms with Crippen LogP contribution in [0.5, 0.6) is 0 Å². The van der Waals surface area contributed by atoms with E-state index in [1.54, 1.807) is 22.9 Å². The lowest BCUT2D eigenvalue weighted by atomic mass is 9.90. The molecule has 0 N–H and O–H groups in total. The molecule has 0 atom stereocenters. The topological polar surface area (TPSA) is 88.4 Å². The number of carbonyl (C=O) groups excluding carboxylic acids is 1. The molecule has 1 aliphatic heterocycles. The summed E-state index contributed by atoms with van der Waals surface area (Å²) in [7, 11) is -0.517. The smallest absolute Gasteiger partial charge is 0.242 e. The zero-order chi connectivity index (χ0) is 23.4. The van der Waals surface area contributed by atoms with Crippen molar-refractivity contribution in [1.29, 1.82) is 0 Å². The van der Waals surface area contributed by atoms with E-state index in [4.69, 9.17) is 0 Å². The van der Waals surface area contributed by atoms with E-state index < -0.39 is 10.0 Å². The first-order valence-electron chi connectivity index (χ1n) is 11.4. The predicted molar refractivity (Wildman–Crippen MR) is 127 cm³/mol. The van der Waals surface area contributed by atoms with Gasteiger partial charge in [-0.1, -0.05) is 35.5 Å². The molecule has 176 valence electrons. The number of sulfonamides is 1. The zero-order valence-electron chi connectivity index (χ0n) is 19.2. The number of benzene rings is 2. The molecule has 33 heavy (non-hydrogen) atoms. The van der Waals surface area contributed by atoms with E-state index in [0.29, 0.717) is 30.8 Å². The summed E-state index contributed by atoms with van der Waals surface area (Å²) in [6.45, 7) is 2.21. The maximum absolute atomic E-state index is 12.7. The van der Waals surface area contributed by atoms with Crippen molar-refractivity contribution in [2.24, 2.45) is 5.92 Å². The summed E-state index contributed by atoms with van der Waals surface area (Å²) in [5.74, 6) is 0.830. The van der Waals surface area contributed by atoms with Gasteiger partial charge in [-0.2, -0.15) is 0 Å². The fourth-order valence-corrected chi connectivity index (χ4v) is 5.28. The molecule has 3 aromatic rings. The van der Waals surface area contributed by atoms with Gasteiger partial charge in [0, 0.05) is 40.2 Å². The molecule has 2 aromatic carbocycles. The molecule has 4 rings (SSSR count). The van der Waals surface area contributed by atoms with E-state index in [1.165, 1.54) is 24.0 Å². The number of piperidine rings is 1. The Hall–Kier alpha value is -2.78. The van der Waals surface area contributed by atoms with E-state index >= 15 is 0 Å². The van der Waals surface area contributed by atoms with E-state index in [1.807, 2.05) is 11.0 Å². The molecule has 8 nitrogen and oxygen atoms in total. The van der Waals surface area contributed by atoms with Gasteiger partial charge >= 0.3 is 0 Å². The van der Waals surface area contributed by atoms with Crippen LogP contribution < -0.4 is 0 Å². The van der Waals surface area contributed by atoms with Crippen molar-refractivity contribution >= 4 is 27.0 Å². The monoisotopic (exact) mass is 469 g/mol. The highest BCUT2D eigenvalue weighted by atomic mass is 32.2. The standard InChI is InChI=1S/C24H31N5O3S/c1-27(2)33(31,32)21-10-11-23-22(18-21)25-26-29(23)14-6-9-24(30)28-15-12-20(13-16-28)17-19-7-4-3-5-8-19/h3-5,7-8,10-11,18,20H,6,9,12-17H2,1-2H3. The number of hydrogen-bond donors (Lipinski definition) is 0. The summed E-state index contributed by atoms with van der Waals surface area (Å²) in [6, 6.07) is 15.4. The third kappa shape index (κ3) is 5.42. The molecule has 0 spiro atoms. The number of aromatic nitrogens is 3. The molecule has 1 amide bonds.